The van der Waals surface area contributed by atoms with Gasteiger partial charge in [-0.2, -0.15) is 0 Å². The minimum atomic E-state index is 0.135. The van der Waals surface area contributed by atoms with Gasteiger partial charge in [0.1, 0.15) is 5.75 Å². The van der Waals surface area contributed by atoms with Gasteiger partial charge in [-0.1, -0.05) is 26.0 Å². The number of amides is 1. The van der Waals surface area contributed by atoms with Crippen LogP contribution in [0.2, 0.25) is 0 Å². The van der Waals surface area contributed by atoms with Crippen LogP contribution in [-0.4, -0.2) is 41.2 Å². The molecule has 1 amide bonds. The van der Waals surface area contributed by atoms with Crippen molar-refractivity contribution in [2.45, 2.75) is 39.5 Å². The number of aromatic nitrogens is 2. The summed E-state index contributed by atoms with van der Waals surface area (Å²) in [7, 11) is 1.60. The molecular formula is C18H25N3O3. The van der Waals surface area contributed by atoms with Gasteiger partial charge < -0.3 is 14.1 Å². The quantitative estimate of drug-likeness (QED) is 0.705. The molecule has 130 valence electrons. The van der Waals surface area contributed by atoms with Crippen molar-refractivity contribution in [1.82, 2.24) is 15.1 Å². The van der Waals surface area contributed by atoms with Crippen molar-refractivity contribution >= 4 is 5.91 Å². The lowest BCUT2D eigenvalue weighted by Gasteiger charge is -2.21. The van der Waals surface area contributed by atoms with E-state index in [9.17, 15) is 4.79 Å². The number of carbonyl (C=O) groups excluding carboxylic acids is 1. The molecule has 2 rings (SSSR count). The maximum absolute atomic E-state index is 12.3. The van der Waals surface area contributed by atoms with Gasteiger partial charge in [-0.15, -0.1) is 10.2 Å². The first-order chi connectivity index (χ1) is 11.7. The second-order valence-corrected chi connectivity index (χ2v) is 5.58. The molecule has 2 aromatic rings. The van der Waals surface area contributed by atoms with Crippen LogP contribution in [0.3, 0.4) is 0 Å². The molecule has 0 aliphatic rings. The van der Waals surface area contributed by atoms with Crippen molar-refractivity contribution in [3.05, 3.63) is 30.2 Å². The summed E-state index contributed by atoms with van der Waals surface area (Å²) in [5, 5.41) is 8.12. The second kappa shape index (κ2) is 9.05. The Morgan fingerprint density at radius 3 is 2.54 bits per heavy atom. The highest BCUT2D eigenvalue weighted by atomic mass is 16.5. The SMILES string of the molecule is CCCN(CCC)C(=O)CCc1nnc(-c2ccccc2OC)o1. The van der Waals surface area contributed by atoms with E-state index < -0.39 is 0 Å². The summed E-state index contributed by atoms with van der Waals surface area (Å²) in [6.07, 6.45) is 2.76. The number of methoxy groups -OCH3 is 1. The van der Waals surface area contributed by atoms with E-state index in [-0.39, 0.29) is 5.91 Å². The molecule has 0 bridgehead atoms. The highest BCUT2D eigenvalue weighted by Gasteiger charge is 2.16. The molecule has 0 saturated carbocycles. The predicted molar refractivity (Wildman–Crippen MR) is 91.8 cm³/mol. The van der Waals surface area contributed by atoms with Gasteiger partial charge in [0.2, 0.25) is 11.8 Å². The van der Waals surface area contributed by atoms with Gasteiger partial charge in [0.15, 0.2) is 0 Å². The van der Waals surface area contributed by atoms with Crippen LogP contribution in [0.4, 0.5) is 0 Å². The Morgan fingerprint density at radius 2 is 1.88 bits per heavy atom. The molecule has 0 aliphatic carbocycles. The molecular weight excluding hydrogens is 306 g/mol. The van der Waals surface area contributed by atoms with Gasteiger partial charge in [0.25, 0.3) is 5.89 Å². The molecule has 1 heterocycles. The summed E-state index contributed by atoms with van der Waals surface area (Å²) in [4.78, 5) is 14.2. The van der Waals surface area contributed by atoms with Crippen molar-refractivity contribution in [2.24, 2.45) is 0 Å². The molecule has 6 heteroatoms. The molecule has 0 radical (unpaired) electrons. The number of hydrogen-bond acceptors (Lipinski definition) is 5. The fraction of sp³-hybridized carbons (Fsp3) is 0.500. The smallest absolute Gasteiger partial charge is 0.251 e. The van der Waals surface area contributed by atoms with E-state index in [1.807, 2.05) is 29.2 Å². The summed E-state index contributed by atoms with van der Waals surface area (Å²) in [6.45, 7) is 5.74. The summed E-state index contributed by atoms with van der Waals surface area (Å²) in [5.41, 5.74) is 0.753. The van der Waals surface area contributed by atoms with Crippen LogP contribution in [0.5, 0.6) is 5.75 Å². The van der Waals surface area contributed by atoms with E-state index in [0.717, 1.165) is 31.5 Å². The predicted octanol–water partition coefficient (Wildman–Crippen LogP) is 3.33. The minimum absolute atomic E-state index is 0.135. The average molecular weight is 331 g/mol. The van der Waals surface area contributed by atoms with E-state index >= 15 is 0 Å². The number of aryl methyl sites for hydroxylation is 1. The van der Waals surface area contributed by atoms with Crippen LogP contribution in [-0.2, 0) is 11.2 Å². The number of carbonyl (C=O) groups is 1. The molecule has 0 aliphatic heterocycles. The summed E-state index contributed by atoms with van der Waals surface area (Å²) < 4.78 is 11.0. The average Bonchev–Trinajstić information content (AvgIpc) is 3.08. The number of hydrogen-bond donors (Lipinski definition) is 0. The summed E-state index contributed by atoms with van der Waals surface area (Å²) >= 11 is 0. The van der Waals surface area contributed by atoms with E-state index in [1.54, 1.807) is 7.11 Å². The normalized spacial score (nSPS) is 10.6. The van der Waals surface area contributed by atoms with Crippen molar-refractivity contribution < 1.29 is 13.9 Å². The van der Waals surface area contributed by atoms with E-state index in [2.05, 4.69) is 24.0 Å². The second-order valence-electron chi connectivity index (χ2n) is 5.58. The molecule has 0 N–H and O–H groups in total. The number of para-hydroxylation sites is 1. The standard InChI is InChI=1S/C18H25N3O3/c1-4-12-21(13-5-2)17(22)11-10-16-19-20-18(24-16)14-8-6-7-9-15(14)23-3/h6-9H,4-5,10-13H2,1-3H3. The Balaban J connectivity index is 2.00. The first-order valence-electron chi connectivity index (χ1n) is 8.43. The molecule has 1 aromatic heterocycles. The van der Waals surface area contributed by atoms with Crippen molar-refractivity contribution in [2.75, 3.05) is 20.2 Å². The van der Waals surface area contributed by atoms with Crippen LogP contribution < -0.4 is 4.74 Å². The molecule has 1 aromatic carbocycles. The first-order valence-corrected chi connectivity index (χ1v) is 8.43. The van der Waals surface area contributed by atoms with Gasteiger partial charge >= 0.3 is 0 Å². The Bertz CT molecular complexity index is 648. The van der Waals surface area contributed by atoms with Crippen LogP contribution in [0.1, 0.15) is 39.0 Å². The zero-order chi connectivity index (χ0) is 17.4. The van der Waals surface area contributed by atoms with E-state index in [1.165, 1.54) is 0 Å². The molecule has 0 atom stereocenters. The molecule has 0 spiro atoms. The molecule has 0 unspecified atom stereocenters. The maximum Gasteiger partial charge on any atom is 0.251 e. The highest BCUT2D eigenvalue weighted by molar-refractivity contribution is 5.76. The zero-order valence-corrected chi connectivity index (χ0v) is 14.6. The number of nitrogens with zero attached hydrogens (tertiary/aromatic N) is 3. The van der Waals surface area contributed by atoms with E-state index in [0.29, 0.717) is 30.4 Å². The number of ether oxygens (including phenoxy) is 1. The molecule has 6 nitrogen and oxygen atoms in total. The third kappa shape index (κ3) is 4.57. The Kier molecular flexibility index (Phi) is 6.78. The Labute approximate surface area is 142 Å². The van der Waals surface area contributed by atoms with Gasteiger partial charge in [0, 0.05) is 25.9 Å². The zero-order valence-electron chi connectivity index (χ0n) is 14.6. The fourth-order valence-corrected chi connectivity index (χ4v) is 2.56. The largest absolute Gasteiger partial charge is 0.496 e. The maximum atomic E-state index is 12.3. The summed E-state index contributed by atoms with van der Waals surface area (Å²) in [6, 6.07) is 7.48. The lowest BCUT2D eigenvalue weighted by molar-refractivity contribution is -0.131. The van der Waals surface area contributed by atoms with Crippen LogP contribution in [0.15, 0.2) is 28.7 Å². The Morgan fingerprint density at radius 1 is 1.17 bits per heavy atom. The molecule has 0 fully saturated rings. The fourth-order valence-electron chi connectivity index (χ4n) is 2.56. The van der Waals surface area contributed by atoms with Crippen molar-refractivity contribution in [3.63, 3.8) is 0 Å². The Hall–Kier alpha value is -2.37. The van der Waals surface area contributed by atoms with Crippen molar-refractivity contribution in [1.29, 1.82) is 0 Å². The highest BCUT2D eigenvalue weighted by Crippen LogP contribution is 2.28. The topological polar surface area (TPSA) is 68.5 Å². The van der Waals surface area contributed by atoms with Crippen molar-refractivity contribution in [3.8, 4) is 17.2 Å². The monoisotopic (exact) mass is 331 g/mol. The van der Waals surface area contributed by atoms with Gasteiger partial charge in [0.05, 0.1) is 12.7 Å². The third-order valence-corrected chi connectivity index (χ3v) is 3.70. The third-order valence-electron chi connectivity index (χ3n) is 3.70. The van der Waals surface area contributed by atoms with Gasteiger partial charge in [-0.3, -0.25) is 4.79 Å². The molecule has 24 heavy (non-hydrogen) atoms. The van der Waals surface area contributed by atoms with E-state index in [4.69, 9.17) is 9.15 Å². The first kappa shape index (κ1) is 18.0. The number of benzene rings is 1. The number of rotatable bonds is 9. The molecule has 0 saturated heterocycles. The van der Waals surface area contributed by atoms with Gasteiger partial charge in [-0.05, 0) is 25.0 Å². The minimum Gasteiger partial charge on any atom is -0.496 e. The lowest BCUT2D eigenvalue weighted by atomic mass is 10.2. The van der Waals surface area contributed by atoms with Crippen LogP contribution in [0, 0.1) is 0 Å². The van der Waals surface area contributed by atoms with Crippen LogP contribution in [0.25, 0.3) is 11.5 Å². The lowest BCUT2D eigenvalue weighted by Crippen LogP contribution is -2.32. The van der Waals surface area contributed by atoms with Gasteiger partial charge in [-0.25, -0.2) is 0 Å². The van der Waals surface area contributed by atoms with Crippen LogP contribution >= 0.6 is 0 Å². The summed E-state index contributed by atoms with van der Waals surface area (Å²) in [5.74, 6) is 1.70.